The van der Waals surface area contributed by atoms with Crippen LogP contribution in [0.3, 0.4) is 0 Å². The topological polar surface area (TPSA) is 40.5 Å². The summed E-state index contributed by atoms with van der Waals surface area (Å²) in [4.78, 5) is 0. The minimum atomic E-state index is -1.23. The molecule has 0 aromatic heterocycles. The summed E-state index contributed by atoms with van der Waals surface area (Å²) in [6.45, 7) is 1.96. The second kappa shape index (κ2) is 8.01. The summed E-state index contributed by atoms with van der Waals surface area (Å²) in [5, 5.41) is 19.0. The van der Waals surface area contributed by atoms with Crippen molar-refractivity contribution in [1.29, 1.82) is 0 Å². The monoisotopic (exact) mass is 252 g/mol. The van der Waals surface area contributed by atoms with Crippen LogP contribution in [0, 0.1) is 5.92 Å². The number of hydrogen-bond acceptors (Lipinski definition) is 2. The van der Waals surface area contributed by atoms with Crippen LogP contribution in [0.1, 0.15) is 37.9 Å². The summed E-state index contributed by atoms with van der Waals surface area (Å²) in [5.41, 5.74) is 0.526. The molecule has 1 aromatic carbocycles. The Labute approximate surface area is 108 Å². The van der Waals surface area contributed by atoms with Crippen LogP contribution >= 0.6 is 0 Å². The van der Waals surface area contributed by atoms with Crippen LogP contribution in [0.2, 0.25) is 0 Å². The van der Waals surface area contributed by atoms with E-state index in [2.05, 4.69) is 0 Å². The number of aliphatic hydroxyl groups excluding tert-OH is 2. The molecule has 18 heavy (non-hydrogen) atoms. The summed E-state index contributed by atoms with van der Waals surface area (Å²) in [7, 11) is 0. The van der Waals surface area contributed by atoms with Gasteiger partial charge in [-0.2, -0.15) is 0 Å². The van der Waals surface area contributed by atoms with Gasteiger partial charge in [-0.05, 0) is 18.1 Å². The van der Waals surface area contributed by atoms with Gasteiger partial charge in [-0.3, -0.25) is 0 Å². The lowest BCUT2D eigenvalue weighted by atomic mass is 10.00. The maximum atomic E-state index is 13.8. The average Bonchev–Trinajstić information content (AvgIpc) is 2.43. The first-order valence-electron chi connectivity index (χ1n) is 6.40. The van der Waals surface area contributed by atoms with Crippen molar-refractivity contribution in [3.8, 4) is 0 Å². The minimum absolute atomic E-state index is 0.0884. The van der Waals surface area contributed by atoms with Gasteiger partial charge < -0.3 is 10.2 Å². The molecule has 0 aliphatic rings. The zero-order valence-corrected chi connectivity index (χ0v) is 10.7. The number of rotatable bonds is 7. The molecule has 0 heterocycles. The van der Waals surface area contributed by atoms with E-state index in [0.29, 0.717) is 5.56 Å². The zero-order valence-electron chi connectivity index (χ0n) is 10.7. The fourth-order valence-electron chi connectivity index (χ4n) is 1.80. The van der Waals surface area contributed by atoms with Crippen molar-refractivity contribution in [3.63, 3.8) is 0 Å². The Morgan fingerprint density at radius 1 is 1.33 bits per heavy atom. The Morgan fingerprint density at radius 3 is 2.56 bits per heavy atom. The molecule has 0 amide bonds. The number of hydrogen-bond donors (Lipinski definition) is 2. The molecule has 1 rings (SSSR count). The first-order valence-corrected chi connectivity index (χ1v) is 6.40. The first kappa shape index (κ1) is 14.9. The Morgan fingerprint density at radius 2 is 2.00 bits per heavy atom. The van der Waals surface area contributed by atoms with Crippen LogP contribution in [-0.2, 0) is 0 Å². The van der Waals surface area contributed by atoms with Crippen LogP contribution in [0.15, 0.2) is 42.2 Å². The van der Waals surface area contributed by atoms with Crippen LogP contribution < -0.4 is 0 Å². The SMILES string of the molecule is CCCC[C@H](/C=C(\F)[C@H](O)c1ccccc1)CO. The van der Waals surface area contributed by atoms with E-state index in [-0.39, 0.29) is 12.5 Å². The number of aliphatic hydroxyl groups is 2. The van der Waals surface area contributed by atoms with Gasteiger partial charge in [0, 0.05) is 12.5 Å². The van der Waals surface area contributed by atoms with Gasteiger partial charge in [0.25, 0.3) is 0 Å². The summed E-state index contributed by atoms with van der Waals surface area (Å²) < 4.78 is 13.8. The molecule has 0 bridgehead atoms. The van der Waals surface area contributed by atoms with Gasteiger partial charge in [0.2, 0.25) is 0 Å². The zero-order chi connectivity index (χ0) is 13.4. The molecule has 0 saturated carbocycles. The van der Waals surface area contributed by atoms with Crippen LogP contribution in [0.5, 0.6) is 0 Å². The van der Waals surface area contributed by atoms with Crippen molar-refractivity contribution in [2.75, 3.05) is 6.61 Å². The first-order chi connectivity index (χ1) is 8.69. The standard InChI is InChI=1S/C15H21FO2/c1-2-3-7-12(11-17)10-14(16)15(18)13-8-5-4-6-9-13/h4-6,8-10,12,15,17-18H,2-3,7,11H2,1H3/b14-10-/t12-,15-/m1/s1. The van der Waals surface area contributed by atoms with Gasteiger partial charge in [0.05, 0.1) is 0 Å². The number of unbranched alkanes of at least 4 members (excludes halogenated alkanes) is 1. The molecular formula is C15H21FO2. The van der Waals surface area contributed by atoms with Crippen molar-refractivity contribution < 1.29 is 14.6 Å². The fraction of sp³-hybridized carbons (Fsp3) is 0.467. The van der Waals surface area contributed by atoms with Crippen LogP contribution in [0.25, 0.3) is 0 Å². The van der Waals surface area contributed by atoms with Crippen molar-refractivity contribution >= 4 is 0 Å². The Hall–Kier alpha value is -1.19. The number of benzene rings is 1. The van der Waals surface area contributed by atoms with E-state index in [0.717, 1.165) is 19.3 Å². The predicted molar refractivity (Wildman–Crippen MR) is 70.7 cm³/mol. The predicted octanol–water partition coefficient (Wildman–Crippen LogP) is 3.37. The molecule has 0 aliphatic heterocycles. The summed E-state index contributed by atoms with van der Waals surface area (Å²) in [6, 6.07) is 8.69. The lowest BCUT2D eigenvalue weighted by Crippen LogP contribution is -2.06. The molecule has 100 valence electrons. The molecule has 2 N–H and O–H groups in total. The third-order valence-electron chi connectivity index (χ3n) is 2.93. The average molecular weight is 252 g/mol. The maximum absolute atomic E-state index is 13.8. The Kier molecular flexibility index (Phi) is 6.61. The highest BCUT2D eigenvalue weighted by atomic mass is 19.1. The lowest BCUT2D eigenvalue weighted by Gasteiger charge is -2.12. The van der Waals surface area contributed by atoms with E-state index in [4.69, 9.17) is 5.11 Å². The lowest BCUT2D eigenvalue weighted by molar-refractivity contribution is 0.180. The van der Waals surface area contributed by atoms with E-state index >= 15 is 0 Å². The molecule has 0 unspecified atom stereocenters. The normalized spacial score (nSPS) is 15.4. The second-order valence-electron chi connectivity index (χ2n) is 4.45. The number of halogens is 1. The minimum Gasteiger partial charge on any atom is -0.396 e. The van der Waals surface area contributed by atoms with E-state index in [1.807, 2.05) is 13.0 Å². The van der Waals surface area contributed by atoms with Gasteiger partial charge in [0.1, 0.15) is 11.9 Å². The van der Waals surface area contributed by atoms with Crippen molar-refractivity contribution in [1.82, 2.24) is 0 Å². The molecular weight excluding hydrogens is 231 g/mol. The van der Waals surface area contributed by atoms with Crippen LogP contribution in [-0.4, -0.2) is 16.8 Å². The molecule has 0 radical (unpaired) electrons. The quantitative estimate of drug-likeness (QED) is 0.781. The summed E-state index contributed by atoms with van der Waals surface area (Å²) >= 11 is 0. The van der Waals surface area contributed by atoms with Gasteiger partial charge in [-0.25, -0.2) is 4.39 Å². The third-order valence-corrected chi connectivity index (χ3v) is 2.93. The maximum Gasteiger partial charge on any atom is 0.130 e. The molecule has 0 saturated heterocycles. The van der Waals surface area contributed by atoms with Crippen molar-refractivity contribution in [2.45, 2.75) is 32.3 Å². The fourth-order valence-corrected chi connectivity index (χ4v) is 1.80. The van der Waals surface area contributed by atoms with Gasteiger partial charge in [0.15, 0.2) is 0 Å². The smallest absolute Gasteiger partial charge is 0.130 e. The highest BCUT2D eigenvalue weighted by Gasteiger charge is 2.15. The van der Waals surface area contributed by atoms with E-state index < -0.39 is 11.9 Å². The molecule has 2 nitrogen and oxygen atoms in total. The highest BCUT2D eigenvalue weighted by molar-refractivity contribution is 5.23. The van der Waals surface area contributed by atoms with E-state index in [9.17, 15) is 9.50 Å². The molecule has 1 aromatic rings. The Bertz CT molecular complexity index is 362. The van der Waals surface area contributed by atoms with E-state index in [1.165, 1.54) is 6.08 Å². The largest absolute Gasteiger partial charge is 0.396 e. The van der Waals surface area contributed by atoms with Gasteiger partial charge >= 0.3 is 0 Å². The second-order valence-corrected chi connectivity index (χ2v) is 4.45. The summed E-state index contributed by atoms with van der Waals surface area (Å²) in [6.07, 6.45) is 2.79. The summed E-state index contributed by atoms with van der Waals surface area (Å²) in [5.74, 6) is -0.806. The van der Waals surface area contributed by atoms with E-state index in [1.54, 1.807) is 24.3 Å². The molecule has 3 heteroatoms. The third kappa shape index (κ3) is 4.59. The highest BCUT2D eigenvalue weighted by Crippen LogP contribution is 2.24. The Balaban J connectivity index is 2.69. The molecule has 2 atom stereocenters. The van der Waals surface area contributed by atoms with Gasteiger partial charge in [-0.15, -0.1) is 0 Å². The van der Waals surface area contributed by atoms with Crippen LogP contribution in [0.4, 0.5) is 4.39 Å². The van der Waals surface area contributed by atoms with Crippen molar-refractivity contribution in [3.05, 3.63) is 47.8 Å². The molecule has 0 spiro atoms. The molecule has 0 fully saturated rings. The van der Waals surface area contributed by atoms with Gasteiger partial charge in [-0.1, -0.05) is 50.1 Å². The van der Waals surface area contributed by atoms with Crippen molar-refractivity contribution in [2.24, 2.45) is 5.92 Å². The molecule has 0 aliphatic carbocycles.